The van der Waals surface area contributed by atoms with Crippen molar-refractivity contribution in [3.63, 3.8) is 0 Å². The van der Waals surface area contributed by atoms with E-state index in [1.54, 1.807) is 0 Å². The van der Waals surface area contributed by atoms with Crippen molar-refractivity contribution in [3.8, 4) is 0 Å². The Bertz CT molecular complexity index is 370. The summed E-state index contributed by atoms with van der Waals surface area (Å²) in [6, 6.07) is 0.296. The van der Waals surface area contributed by atoms with Crippen molar-refractivity contribution < 1.29 is 9.53 Å². The van der Waals surface area contributed by atoms with Gasteiger partial charge in [0.25, 0.3) is 0 Å². The van der Waals surface area contributed by atoms with E-state index in [0.29, 0.717) is 11.5 Å². The number of carbonyl (C=O) groups excluding carboxylic acids is 1. The summed E-state index contributed by atoms with van der Waals surface area (Å²) in [7, 11) is 0. The number of hydrogen-bond donors (Lipinski definition) is 1. The molecule has 1 saturated carbocycles. The molecule has 1 heterocycles. The van der Waals surface area contributed by atoms with Gasteiger partial charge < -0.3 is 15.0 Å². The number of likely N-dealkylation sites (tertiary alicyclic amines) is 1. The molecule has 0 aromatic rings. The minimum absolute atomic E-state index is 0.150. The molecular formula is C18H34N2O2. The maximum atomic E-state index is 12.3. The van der Waals surface area contributed by atoms with Gasteiger partial charge in [0.05, 0.1) is 0 Å². The predicted molar refractivity (Wildman–Crippen MR) is 90.0 cm³/mol. The second kappa shape index (κ2) is 7.20. The molecule has 4 nitrogen and oxygen atoms in total. The average Bonchev–Trinajstić information content (AvgIpc) is 3.06. The number of ether oxygens (including phenoxy) is 1. The van der Waals surface area contributed by atoms with E-state index in [1.807, 2.05) is 25.7 Å². The highest BCUT2D eigenvalue weighted by Crippen LogP contribution is 2.40. The molecule has 1 saturated heterocycles. The maximum absolute atomic E-state index is 12.3. The van der Waals surface area contributed by atoms with Crippen LogP contribution in [0.2, 0.25) is 0 Å². The Morgan fingerprint density at radius 1 is 1.27 bits per heavy atom. The van der Waals surface area contributed by atoms with Gasteiger partial charge in [-0.1, -0.05) is 19.8 Å². The van der Waals surface area contributed by atoms with Crippen LogP contribution in [-0.2, 0) is 4.74 Å². The molecule has 1 unspecified atom stereocenters. The van der Waals surface area contributed by atoms with Gasteiger partial charge in [-0.15, -0.1) is 0 Å². The molecule has 128 valence electrons. The normalized spacial score (nSPS) is 24.7. The van der Waals surface area contributed by atoms with Crippen molar-refractivity contribution in [1.29, 1.82) is 0 Å². The standard InChI is InChI=1S/C18H34N2O2/c1-5-18(10-6-7-11-18)14-19-13-15-9-8-12-20(15)16(21)22-17(2,3)4/h15,19H,5-14H2,1-4H3. The summed E-state index contributed by atoms with van der Waals surface area (Å²) in [6.07, 6.45) is 8.76. The van der Waals surface area contributed by atoms with Crippen molar-refractivity contribution in [3.05, 3.63) is 0 Å². The summed E-state index contributed by atoms with van der Waals surface area (Å²) >= 11 is 0. The van der Waals surface area contributed by atoms with Crippen molar-refractivity contribution in [2.75, 3.05) is 19.6 Å². The second-order valence-electron chi connectivity index (χ2n) is 8.16. The SMILES string of the molecule is CCC1(CNCC2CCCN2C(=O)OC(C)(C)C)CCCC1. The summed E-state index contributed by atoms with van der Waals surface area (Å²) in [5.41, 5.74) is 0.100. The summed E-state index contributed by atoms with van der Waals surface area (Å²) in [6.45, 7) is 10.9. The molecule has 2 rings (SSSR count). The molecule has 2 fully saturated rings. The van der Waals surface area contributed by atoms with Gasteiger partial charge in [0.1, 0.15) is 5.60 Å². The first-order valence-corrected chi connectivity index (χ1v) is 9.06. The van der Waals surface area contributed by atoms with Crippen LogP contribution < -0.4 is 5.32 Å². The lowest BCUT2D eigenvalue weighted by molar-refractivity contribution is 0.0225. The molecular weight excluding hydrogens is 276 g/mol. The molecule has 0 aromatic carbocycles. The zero-order valence-corrected chi connectivity index (χ0v) is 14.9. The number of hydrogen-bond acceptors (Lipinski definition) is 3. The summed E-state index contributed by atoms with van der Waals surface area (Å²) < 4.78 is 5.53. The number of nitrogens with zero attached hydrogens (tertiary/aromatic N) is 1. The number of rotatable bonds is 5. The number of amides is 1. The lowest BCUT2D eigenvalue weighted by Gasteiger charge is -2.31. The number of nitrogens with one attached hydrogen (secondary N) is 1. The Balaban J connectivity index is 1.80. The second-order valence-corrected chi connectivity index (χ2v) is 8.16. The van der Waals surface area contributed by atoms with Crippen LogP contribution in [0.25, 0.3) is 0 Å². The van der Waals surface area contributed by atoms with E-state index in [4.69, 9.17) is 4.74 Å². The third kappa shape index (κ3) is 4.61. The molecule has 1 aliphatic carbocycles. The summed E-state index contributed by atoms with van der Waals surface area (Å²) in [4.78, 5) is 14.2. The highest BCUT2D eigenvalue weighted by atomic mass is 16.6. The third-order valence-corrected chi connectivity index (χ3v) is 5.30. The Hall–Kier alpha value is -0.770. The lowest BCUT2D eigenvalue weighted by Crippen LogP contribution is -2.45. The quantitative estimate of drug-likeness (QED) is 0.836. The third-order valence-electron chi connectivity index (χ3n) is 5.30. The predicted octanol–water partition coefficient (Wildman–Crippen LogP) is 3.95. The Kier molecular flexibility index (Phi) is 5.76. The van der Waals surface area contributed by atoms with E-state index >= 15 is 0 Å². The van der Waals surface area contributed by atoms with Crippen LogP contribution in [0.5, 0.6) is 0 Å². The molecule has 2 aliphatic rings. The first-order chi connectivity index (χ1) is 10.4. The summed E-state index contributed by atoms with van der Waals surface area (Å²) in [5, 5.41) is 3.66. The van der Waals surface area contributed by atoms with Gasteiger partial charge in [0, 0.05) is 25.7 Å². The molecule has 0 radical (unpaired) electrons. The molecule has 4 heteroatoms. The lowest BCUT2D eigenvalue weighted by atomic mass is 9.83. The van der Waals surface area contributed by atoms with Crippen molar-refractivity contribution in [1.82, 2.24) is 10.2 Å². The van der Waals surface area contributed by atoms with Crippen molar-refractivity contribution in [2.24, 2.45) is 5.41 Å². The van der Waals surface area contributed by atoms with Gasteiger partial charge in [0.15, 0.2) is 0 Å². The fourth-order valence-electron chi connectivity index (χ4n) is 3.89. The van der Waals surface area contributed by atoms with Gasteiger partial charge in [0.2, 0.25) is 0 Å². The molecule has 22 heavy (non-hydrogen) atoms. The highest BCUT2D eigenvalue weighted by molar-refractivity contribution is 5.69. The topological polar surface area (TPSA) is 41.6 Å². The first kappa shape index (κ1) is 17.6. The maximum Gasteiger partial charge on any atom is 0.410 e. The average molecular weight is 310 g/mol. The smallest absolute Gasteiger partial charge is 0.410 e. The number of carbonyl (C=O) groups is 1. The summed E-state index contributed by atoms with van der Waals surface area (Å²) in [5.74, 6) is 0. The minimum atomic E-state index is -0.409. The van der Waals surface area contributed by atoms with Crippen molar-refractivity contribution >= 4 is 6.09 Å². The molecule has 1 aliphatic heterocycles. The molecule has 1 amide bonds. The Labute approximate surface area is 136 Å². The largest absolute Gasteiger partial charge is 0.444 e. The van der Waals surface area contributed by atoms with Gasteiger partial charge >= 0.3 is 6.09 Å². The van der Waals surface area contributed by atoms with E-state index in [-0.39, 0.29) is 6.09 Å². The zero-order chi connectivity index (χ0) is 16.2. The van der Waals surface area contributed by atoms with Gasteiger partial charge in [-0.05, 0) is 58.3 Å². The fourth-order valence-corrected chi connectivity index (χ4v) is 3.89. The van der Waals surface area contributed by atoms with Crippen molar-refractivity contribution in [2.45, 2.75) is 84.3 Å². The molecule has 0 spiro atoms. The molecule has 0 bridgehead atoms. The van der Waals surface area contributed by atoms with Crippen LogP contribution in [-0.4, -0.2) is 42.3 Å². The van der Waals surface area contributed by atoms with Gasteiger partial charge in [-0.25, -0.2) is 4.79 Å². The Morgan fingerprint density at radius 3 is 2.55 bits per heavy atom. The molecule has 1 N–H and O–H groups in total. The van der Waals surface area contributed by atoms with Crippen LogP contribution in [0, 0.1) is 5.41 Å². The van der Waals surface area contributed by atoms with Gasteiger partial charge in [-0.2, -0.15) is 0 Å². The Morgan fingerprint density at radius 2 is 1.95 bits per heavy atom. The molecule has 1 atom stereocenters. The first-order valence-electron chi connectivity index (χ1n) is 9.06. The van der Waals surface area contributed by atoms with E-state index in [2.05, 4.69) is 12.2 Å². The van der Waals surface area contributed by atoms with Crippen LogP contribution in [0.4, 0.5) is 4.79 Å². The van der Waals surface area contributed by atoms with Gasteiger partial charge in [-0.3, -0.25) is 0 Å². The zero-order valence-electron chi connectivity index (χ0n) is 14.9. The van der Waals surface area contributed by atoms with E-state index in [1.165, 1.54) is 32.1 Å². The van der Waals surface area contributed by atoms with E-state index in [9.17, 15) is 4.79 Å². The van der Waals surface area contributed by atoms with E-state index in [0.717, 1.165) is 32.5 Å². The fraction of sp³-hybridized carbons (Fsp3) is 0.944. The van der Waals surface area contributed by atoms with Crippen LogP contribution in [0.3, 0.4) is 0 Å². The molecule has 0 aromatic heterocycles. The van der Waals surface area contributed by atoms with Crippen LogP contribution in [0.15, 0.2) is 0 Å². The van der Waals surface area contributed by atoms with E-state index < -0.39 is 5.60 Å². The monoisotopic (exact) mass is 310 g/mol. The highest BCUT2D eigenvalue weighted by Gasteiger charge is 2.34. The van der Waals surface area contributed by atoms with Crippen LogP contribution in [0.1, 0.15) is 72.6 Å². The van der Waals surface area contributed by atoms with Crippen LogP contribution >= 0.6 is 0 Å². The minimum Gasteiger partial charge on any atom is -0.444 e.